The second-order valence-corrected chi connectivity index (χ2v) is 8.69. The molecule has 3 heterocycles. The third kappa shape index (κ3) is 4.38. The third-order valence-electron chi connectivity index (χ3n) is 5.64. The van der Waals surface area contributed by atoms with Crippen LogP contribution in [0.2, 0.25) is 0 Å². The fourth-order valence-corrected chi connectivity index (χ4v) is 4.55. The van der Waals surface area contributed by atoms with Gasteiger partial charge in [0, 0.05) is 6.54 Å². The fourth-order valence-electron chi connectivity index (χ4n) is 3.91. The molecule has 1 unspecified atom stereocenters. The van der Waals surface area contributed by atoms with Gasteiger partial charge in [0.25, 0.3) is 11.8 Å². The molecular weight excluding hydrogens is 442 g/mol. The molecule has 10 heteroatoms. The average molecular weight is 468 g/mol. The first kappa shape index (κ1) is 22.7. The Hall–Kier alpha value is -3.53. The van der Waals surface area contributed by atoms with Gasteiger partial charge in [-0.3, -0.25) is 14.5 Å². The molecule has 4 rings (SSSR count). The highest BCUT2D eigenvalue weighted by molar-refractivity contribution is 7.13. The molecule has 1 fully saturated rings. The maximum atomic E-state index is 13.3. The average Bonchev–Trinajstić information content (AvgIpc) is 3.56. The van der Waals surface area contributed by atoms with Crippen molar-refractivity contribution in [1.29, 1.82) is 0 Å². The quantitative estimate of drug-likeness (QED) is 0.483. The maximum Gasteiger partial charge on any atom is 0.325 e. The molecule has 33 heavy (non-hydrogen) atoms. The Morgan fingerprint density at radius 2 is 1.94 bits per heavy atom. The zero-order valence-electron chi connectivity index (χ0n) is 18.5. The molecule has 1 N–H and O–H groups in total. The van der Waals surface area contributed by atoms with E-state index in [-0.39, 0.29) is 19.0 Å². The number of nitrogens with zero attached hydrogens (tertiary/aromatic N) is 4. The molecule has 1 aliphatic heterocycles. The van der Waals surface area contributed by atoms with Gasteiger partial charge in [0.2, 0.25) is 11.8 Å². The van der Waals surface area contributed by atoms with Gasteiger partial charge < -0.3 is 14.6 Å². The fraction of sp³-hybridized carbons (Fsp3) is 0.348. The SMILES string of the molecule is CCCN(Cc1nnc(-c2cccs2)o1)C(=O)CN1C(=O)NC(CC)(c2ccccc2)C1=O. The minimum absolute atomic E-state index is 0.103. The number of urea groups is 1. The third-order valence-corrected chi connectivity index (χ3v) is 6.50. The largest absolute Gasteiger partial charge is 0.418 e. The molecule has 0 spiro atoms. The zero-order chi connectivity index (χ0) is 23.4. The van der Waals surface area contributed by atoms with E-state index in [0.29, 0.717) is 36.7 Å². The lowest BCUT2D eigenvalue weighted by molar-refractivity contribution is -0.139. The van der Waals surface area contributed by atoms with Crippen molar-refractivity contribution >= 4 is 29.2 Å². The molecule has 2 aromatic heterocycles. The minimum Gasteiger partial charge on any atom is -0.418 e. The van der Waals surface area contributed by atoms with Crippen LogP contribution in [0.5, 0.6) is 0 Å². The summed E-state index contributed by atoms with van der Waals surface area (Å²) in [6, 6.07) is 12.3. The van der Waals surface area contributed by atoms with Crippen molar-refractivity contribution < 1.29 is 18.8 Å². The predicted molar refractivity (Wildman–Crippen MR) is 122 cm³/mol. The summed E-state index contributed by atoms with van der Waals surface area (Å²) in [6.45, 7) is 3.95. The lowest BCUT2D eigenvalue weighted by Crippen LogP contribution is -2.45. The van der Waals surface area contributed by atoms with Gasteiger partial charge >= 0.3 is 6.03 Å². The van der Waals surface area contributed by atoms with E-state index in [1.165, 1.54) is 16.2 Å². The molecule has 0 saturated carbocycles. The molecule has 1 saturated heterocycles. The van der Waals surface area contributed by atoms with Gasteiger partial charge in [-0.15, -0.1) is 21.5 Å². The molecule has 0 radical (unpaired) electrons. The van der Waals surface area contributed by atoms with Crippen molar-refractivity contribution in [3.05, 3.63) is 59.3 Å². The summed E-state index contributed by atoms with van der Waals surface area (Å²) < 4.78 is 5.71. The molecule has 0 aliphatic carbocycles. The molecule has 1 aliphatic rings. The molecule has 172 valence electrons. The first-order valence-electron chi connectivity index (χ1n) is 10.8. The number of nitrogens with one attached hydrogen (secondary N) is 1. The van der Waals surface area contributed by atoms with Crippen molar-refractivity contribution in [1.82, 2.24) is 25.3 Å². The van der Waals surface area contributed by atoms with Gasteiger partial charge in [0.05, 0.1) is 11.4 Å². The van der Waals surface area contributed by atoms with Crippen molar-refractivity contribution in [3.63, 3.8) is 0 Å². The van der Waals surface area contributed by atoms with Crippen LogP contribution in [0.4, 0.5) is 4.79 Å². The molecule has 1 atom stereocenters. The van der Waals surface area contributed by atoms with E-state index < -0.39 is 17.5 Å². The summed E-state index contributed by atoms with van der Waals surface area (Å²) in [5, 5.41) is 12.8. The normalized spacial score (nSPS) is 17.9. The first-order valence-corrected chi connectivity index (χ1v) is 11.7. The number of amides is 4. The van der Waals surface area contributed by atoms with Gasteiger partial charge in [-0.05, 0) is 29.9 Å². The number of imide groups is 1. The van der Waals surface area contributed by atoms with Crippen molar-refractivity contribution in [2.75, 3.05) is 13.1 Å². The summed E-state index contributed by atoms with van der Waals surface area (Å²) >= 11 is 1.48. The molecule has 4 amide bonds. The van der Waals surface area contributed by atoms with Gasteiger partial charge in [0.1, 0.15) is 12.1 Å². The molecular formula is C23H25N5O4S. The number of rotatable bonds is 9. The lowest BCUT2D eigenvalue weighted by atomic mass is 9.87. The summed E-state index contributed by atoms with van der Waals surface area (Å²) in [6.07, 6.45) is 1.07. The Bertz CT molecular complexity index is 1130. The Labute approximate surface area is 195 Å². The first-order chi connectivity index (χ1) is 16.0. The van der Waals surface area contributed by atoms with Crippen LogP contribution in [0.15, 0.2) is 52.3 Å². The number of hydrogen-bond donors (Lipinski definition) is 1. The van der Waals surface area contributed by atoms with E-state index in [2.05, 4.69) is 15.5 Å². The minimum atomic E-state index is -1.17. The van der Waals surface area contributed by atoms with Gasteiger partial charge in [-0.2, -0.15) is 0 Å². The molecule has 3 aromatic rings. The molecule has 1 aromatic carbocycles. The maximum absolute atomic E-state index is 13.3. The van der Waals surface area contributed by atoms with Crippen LogP contribution in [0.1, 0.15) is 38.1 Å². The summed E-state index contributed by atoms with van der Waals surface area (Å²) in [5.74, 6) is -0.0989. The van der Waals surface area contributed by atoms with E-state index in [1.807, 2.05) is 49.6 Å². The van der Waals surface area contributed by atoms with E-state index in [9.17, 15) is 14.4 Å². The van der Waals surface area contributed by atoms with E-state index in [4.69, 9.17) is 4.42 Å². The second kappa shape index (κ2) is 9.53. The highest BCUT2D eigenvalue weighted by Gasteiger charge is 2.51. The number of carbonyl (C=O) groups is 3. The number of carbonyl (C=O) groups excluding carboxylic acids is 3. The molecule has 0 bridgehead atoms. The Balaban J connectivity index is 1.49. The smallest absolute Gasteiger partial charge is 0.325 e. The summed E-state index contributed by atoms with van der Waals surface area (Å²) in [7, 11) is 0. The van der Waals surface area contributed by atoms with Crippen LogP contribution in [0.3, 0.4) is 0 Å². The van der Waals surface area contributed by atoms with Crippen LogP contribution in [0, 0.1) is 0 Å². The standard InChI is InChI=1S/C23H25N5O4S/c1-3-12-27(14-18-25-26-20(32-18)17-11-8-13-33-17)19(29)15-28-21(30)23(4-2,24-22(28)31)16-9-6-5-7-10-16/h5-11,13H,3-4,12,14-15H2,1-2H3,(H,24,31). The highest BCUT2D eigenvalue weighted by Crippen LogP contribution is 2.32. The van der Waals surface area contributed by atoms with Gasteiger partial charge in [-0.25, -0.2) is 4.79 Å². The number of hydrogen-bond acceptors (Lipinski definition) is 7. The summed E-state index contributed by atoms with van der Waals surface area (Å²) in [4.78, 5) is 42.5. The number of thiophene rings is 1. The Morgan fingerprint density at radius 1 is 1.15 bits per heavy atom. The zero-order valence-corrected chi connectivity index (χ0v) is 19.3. The van der Waals surface area contributed by atoms with Gasteiger partial charge in [-0.1, -0.05) is 50.2 Å². The van der Waals surface area contributed by atoms with Crippen molar-refractivity contribution in [2.24, 2.45) is 0 Å². The Kier molecular flexibility index (Phi) is 6.55. The number of benzene rings is 1. The van der Waals surface area contributed by atoms with Crippen molar-refractivity contribution in [2.45, 2.75) is 38.8 Å². The lowest BCUT2D eigenvalue weighted by Gasteiger charge is -2.26. The van der Waals surface area contributed by atoms with Crippen molar-refractivity contribution in [3.8, 4) is 10.8 Å². The summed E-state index contributed by atoms with van der Waals surface area (Å²) in [5.41, 5.74) is -0.478. The second-order valence-electron chi connectivity index (χ2n) is 7.74. The van der Waals surface area contributed by atoms with Gasteiger partial charge in [0.15, 0.2) is 0 Å². The van der Waals surface area contributed by atoms with Crippen LogP contribution < -0.4 is 5.32 Å². The highest BCUT2D eigenvalue weighted by atomic mass is 32.1. The Morgan fingerprint density at radius 3 is 2.61 bits per heavy atom. The van der Waals surface area contributed by atoms with Crippen LogP contribution >= 0.6 is 11.3 Å². The van der Waals surface area contributed by atoms with E-state index in [1.54, 1.807) is 12.1 Å². The monoisotopic (exact) mass is 467 g/mol. The van der Waals surface area contributed by atoms with E-state index in [0.717, 1.165) is 9.78 Å². The molecule has 9 nitrogen and oxygen atoms in total. The number of aromatic nitrogens is 2. The van der Waals surface area contributed by atoms with E-state index >= 15 is 0 Å². The predicted octanol–water partition coefficient (Wildman–Crippen LogP) is 3.39. The van der Waals surface area contributed by atoms with Crippen LogP contribution in [0.25, 0.3) is 10.8 Å². The topological polar surface area (TPSA) is 109 Å². The van der Waals surface area contributed by atoms with Crippen LogP contribution in [-0.2, 0) is 21.7 Å². The van der Waals surface area contributed by atoms with Crippen LogP contribution in [-0.4, -0.2) is 50.9 Å².